The molecule has 0 N–H and O–H groups in total. The van der Waals surface area contributed by atoms with Crippen LogP contribution in [0.1, 0.15) is 45.4 Å². The third kappa shape index (κ3) is 8.55. The van der Waals surface area contributed by atoms with Crippen molar-refractivity contribution < 1.29 is 13.6 Å². The van der Waals surface area contributed by atoms with Crippen molar-refractivity contribution >= 4 is 5.78 Å². The van der Waals surface area contributed by atoms with Gasteiger partial charge in [0.15, 0.2) is 0 Å². The van der Waals surface area contributed by atoms with E-state index in [2.05, 4.69) is 13.2 Å². The van der Waals surface area contributed by atoms with Crippen LogP contribution in [-0.2, 0) is 4.79 Å². The molecule has 1 aliphatic carbocycles. The van der Waals surface area contributed by atoms with Gasteiger partial charge in [-0.15, -0.1) is 0 Å². The number of carbonyl (C=O) groups excluding carboxylic acids is 1. The highest BCUT2D eigenvalue weighted by atomic mass is 19.1. The summed E-state index contributed by atoms with van der Waals surface area (Å²) in [6.07, 6.45) is 5.89. The molecule has 1 nitrogen and oxygen atoms in total. The van der Waals surface area contributed by atoms with E-state index in [-0.39, 0.29) is 11.6 Å². The number of hydrogen-bond acceptors (Lipinski definition) is 1. The Bertz CT molecular complexity index is 312. The summed E-state index contributed by atoms with van der Waals surface area (Å²) in [6, 6.07) is 0. The van der Waals surface area contributed by atoms with E-state index in [9.17, 15) is 13.6 Å². The zero-order valence-electron chi connectivity index (χ0n) is 10.4. The van der Waals surface area contributed by atoms with Crippen LogP contribution in [0.3, 0.4) is 0 Å². The zero-order chi connectivity index (χ0) is 13.3. The minimum Gasteiger partial charge on any atom is -0.299 e. The fourth-order valence-corrected chi connectivity index (χ4v) is 1.55. The first-order valence-corrected chi connectivity index (χ1v) is 5.80. The predicted octanol–water partition coefficient (Wildman–Crippen LogP) is 4.81. The maximum absolute atomic E-state index is 12.8. The molecule has 0 amide bonds. The Kier molecular flexibility index (Phi) is 8.20. The van der Waals surface area contributed by atoms with Gasteiger partial charge in [-0.2, -0.15) is 0 Å². The average molecular weight is 242 g/mol. The van der Waals surface area contributed by atoms with E-state index < -0.39 is 5.83 Å². The van der Waals surface area contributed by atoms with Crippen LogP contribution in [-0.4, -0.2) is 5.78 Å². The van der Waals surface area contributed by atoms with Crippen molar-refractivity contribution in [3.8, 4) is 0 Å². The Balaban J connectivity index is 0.000000437. The molecular formula is C14H20F2O. The molecule has 1 fully saturated rings. The van der Waals surface area contributed by atoms with E-state index >= 15 is 0 Å². The highest BCUT2D eigenvalue weighted by Crippen LogP contribution is 2.22. The second-order valence-electron chi connectivity index (χ2n) is 4.06. The molecule has 0 unspecified atom stereocenters. The molecule has 0 heterocycles. The van der Waals surface area contributed by atoms with Crippen LogP contribution in [0.2, 0.25) is 0 Å². The van der Waals surface area contributed by atoms with Crippen molar-refractivity contribution in [3.63, 3.8) is 0 Å². The summed E-state index contributed by atoms with van der Waals surface area (Å²) in [4.78, 5) is 11.1. The van der Waals surface area contributed by atoms with Gasteiger partial charge >= 0.3 is 0 Å². The van der Waals surface area contributed by atoms with E-state index in [1.165, 1.54) is 6.92 Å². The van der Waals surface area contributed by atoms with Gasteiger partial charge in [0.1, 0.15) is 11.6 Å². The molecule has 0 spiro atoms. The molecule has 3 heteroatoms. The van der Waals surface area contributed by atoms with E-state index in [1.807, 2.05) is 0 Å². The van der Waals surface area contributed by atoms with Crippen LogP contribution in [0, 0.1) is 0 Å². The van der Waals surface area contributed by atoms with Gasteiger partial charge in [0.05, 0.1) is 5.83 Å². The highest BCUT2D eigenvalue weighted by molar-refractivity contribution is 5.80. The fourth-order valence-electron chi connectivity index (χ4n) is 1.55. The molecule has 0 aromatic rings. The number of rotatable bonds is 1. The molecular weight excluding hydrogens is 222 g/mol. The highest BCUT2D eigenvalue weighted by Gasteiger charge is 2.12. The van der Waals surface area contributed by atoms with Gasteiger partial charge in [-0.05, 0) is 37.8 Å². The molecule has 0 radical (unpaired) electrons. The number of ketones is 1. The van der Waals surface area contributed by atoms with Gasteiger partial charge < -0.3 is 0 Å². The largest absolute Gasteiger partial charge is 0.299 e. The normalized spacial score (nSPS) is 19.4. The molecule has 17 heavy (non-hydrogen) atoms. The van der Waals surface area contributed by atoms with Gasteiger partial charge in [-0.1, -0.05) is 19.6 Å². The van der Waals surface area contributed by atoms with Crippen molar-refractivity contribution in [1.29, 1.82) is 0 Å². The predicted molar refractivity (Wildman–Crippen MR) is 67.0 cm³/mol. The third-order valence-electron chi connectivity index (χ3n) is 2.55. The average Bonchev–Trinajstić information content (AvgIpc) is 2.23. The Labute approximate surface area is 102 Å². The Morgan fingerprint density at radius 3 is 2.24 bits per heavy atom. The molecule has 0 saturated heterocycles. The summed E-state index contributed by atoms with van der Waals surface area (Å²) in [6.45, 7) is 7.42. The second kappa shape index (κ2) is 8.85. The number of halogens is 2. The van der Waals surface area contributed by atoms with Gasteiger partial charge in [-0.25, -0.2) is 8.78 Å². The number of allylic oxidation sites excluding steroid dienone is 4. The van der Waals surface area contributed by atoms with E-state index in [1.54, 1.807) is 0 Å². The Hall–Kier alpha value is -1.25. The van der Waals surface area contributed by atoms with E-state index in [0.29, 0.717) is 12.8 Å². The quantitative estimate of drug-likeness (QED) is 0.603. The molecule has 1 aliphatic rings. The van der Waals surface area contributed by atoms with Crippen LogP contribution in [0.5, 0.6) is 0 Å². The van der Waals surface area contributed by atoms with Crippen molar-refractivity contribution in [3.05, 3.63) is 36.5 Å². The first-order valence-electron chi connectivity index (χ1n) is 5.80. The second-order valence-corrected chi connectivity index (χ2v) is 4.06. The Morgan fingerprint density at radius 2 is 1.76 bits per heavy atom. The van der Waals surface area contributed by atoms with Crippen molar-refractivity contribution in [2.75, 3.05) is 0 Å². The maximum atomic E-state index is 12.8. The molecule has 0 aromatic carbocycles. The van der Waals surface area contributed by atoms with Gasteiger partial charge in [0.25, 0.3) is 0 Å². The zero-order valence-corrected chi connectivity index (χ0v) is 10.4. The van der Waals surface area contributed by atoms with E-state index in [4.69, 9.17) is 0 Å². The summed E-state index contributed by atoms with van der Waals surface area (Å²) >= 11 is 0. The lowest BCUT2D eigenvalue weighted by atomic mass is 9.95. The van der Waals surface area contributed by atoms with Crippen molar-refractivity contribution in [2.45, 2.75) is 45.4 Å². The minimum atomic E-state index is -0.481. The van der Waals surface area contributed by atoms with Crippen molar-refractivity contribution in [1.82, 2.24) is 0 Å². The SMILES string of the molecule is C/C(F)=C1/CCCCCC(=O)C1.C=CC(=C)F. The smallest absolute Gasteiger partial charge is 0.137 e. The topological polar surface area (TPSA) is 17.1 Å². The standard InChI is InChI=1S/C10H15FO.C4H5F/c1-8(11)9-5-3-2-4-6-10(12)7-9;1-3-4(2)5/h2-7H2,1H3;3H,1-2H2/b9-8+;. The summed E-state index contributed by atoms with van der Waals surface area (Å²) in [5.41, 5.74) is 0.722. The van der Waals surface area contributed by atoms with Crippen LogP contribution >= 0.6 is 0 Å². The molecule has 0 bridgehead atoms. The number of hydrogen-bond donors (Lipinski definition) is 0. The summed E-state index contributed by atoms with van der Waals surface area (Å²) in [7, 11) is 0. The molecule has 1 rings (SSSR count). The summed E-state index contributed by atoms with van der Waals surface area (Å²) in [5, 5.41) is 0. The fraction of sp³-hybridized carbons (Fsp3) is 0.500. The third-order valence-corrected chi connectivity index (χ3v) is 2.55. The van der Waals surface area contributed by atoms with Crippen LogP contribution in [0.15, 0.2) is 36.5 Å². The molecule has 0 aromatic heterocycles. The number of carbonyl (C=O) groups is 1. The molecule has 96 valence electrons. The number of Topliss-reactive ketones (excluding diaryl/α,β-unsaturated/α-hetero) is 1. The first-order chi connectivity index (χ1) is 7.97. The van der Waals surface area contributed by atoms with Crippen LogP contribution < -0.4 is 0 Å². The summed E-state index contributed by atoms with van der Waals surface area (Å²) < 4.78 is 23.9. The van der Waals surface area contributed by atoms with Gasteiger partial charge in [0, 0.05) is 12.8 Å². The molecule has 1 saturated carbocycles. The first kappa shape index (κ1) is 15.8. The molecule has 0 aliphatic heterocycles. The lowest BCUT2D eigenvalue weighted by Gasteiger charge is -2.11. The summed E-state index contributed by atoms with van der Waals surface area (Å²) in [5.74, 6) is -0.433. The maximum Gasteiger partial charge on any atom is 0.137 e. The monoisotopic (exact) mass is 242 g/mol. The van der Waals surface area contributed by atoms with E-state index in [0.717, 1.165) is 37.3 Å². The van der Waals surface area contributed by atoms with Gasteiger partial charge in [0.2, 0.25) is 0 Å². The minimum absolute atomic E-state index is 0.148. The lowest BCUT2D eigenvalue weighted by molar-refractivity contribution is -0.118. The Morgan fingerprint density at radius 1 is 1.24 bits per heavy atom. The molecule has 0 atom stereocenters. The van der Waals surface area contributed by atoms with Crippen molar-refractivity contribution in [2.24, 2.45) is 0 Å². The van der Waals surface area contributed by atoms with Crippen LogP contribution in [0.25, 0.3) is 0 Å². The van der Waals surface area contributed by atoms with Crippen LogP contribution in [0.4, 0.5) is 8.78 Å². The van der Waals surface area contributed by atoms with Gasteiger partial charge in [-0.3, -0.25) is 4.79 Å². The lowest BCUT2D eigenvalue weighted by Crippen LogP contribution is -2.04.